The summed E-state index contributed by atoms with van der Waals surface area (Å²) < 4.78 is 0. The molecule has 1 aromatic carbocycles. The smallest absolute Gasteiger partial charge is 0.0478 e. The molecule has 0 amide bonds. The Bertz CT molecular complexity index is 336. The van der Waals surface area contributed by atoms with Gasteiger partial charge in [-0.1, -0.05) is 6.07 Å². The molecule has 1 atom stereocenters. The number of fused-ring (bicyclic) bond motifs is 1. The van der Waals surface area contributed by atoms with E-state index in [9.17, 15) is 0 Å². The molecule has 3 heteroatoms. The summed E-state index contributed by atoms with van der Waals surface area (Å²) in [6, 6.07) is 7.00. The van der Waals surface area contributed by atoms with Crippen molar-refractivity contribution in [1.82, 2.24) is 0 Å². The molecule has 0 radical (unpaired) electrons. The van der Waals surface area contributed by atoms with Gasteiger partial charge in [-0.3, -0.25) is 0 Å². The predicted octanol–water partition coefficient (Wildman–Crippen LogP) is 2.48. The maximum atomic E-state index is 5.76. The van der Waals surface area contributed by atoms with Crippen molar-refractivity contribution in [2.45, 2.75) is 30.7 Å². The maximum absolute atomic E-state index is 5.76. The molecule has 0 bridgehead atoms. The fourth-order valence-corrected chi connectivity index (χ4v) is 2.68. The minimum Gasteiger partial charge on any atom is -0.383 e. The monoisotopic (exact) mass is 222 g/mol. The van der Waals surface area contributed by atoms with Crippen LogP contribution in [0.1, 0.15) is 18.9 Å². The molecular formula is C12H18N2S. The van der Waals surface area contributed by atoms with Crippen LogP contribution >= 0.6 is 11.8 Å². The van der Waals surface area contributed by atoms with Crippen LogP contribution in [0.3, 0.4) is 0 Å². The predicted molar refractivity (Wildman–Crippen MR) is 67.6 cm³/mol. The Morgan fingerprint density at radius 3 is 3.20 bits per heavy atom. The number of hydrogen-bond donors (Lipinski definition) is 2. The van der Waals surface area contributed by atoms with Crippen molar-refractivity contribution in [3.63, 3.8) is 0 Å². The number of nitrogens with one attached hydrogen (secondary N) is 1. The van der Waals surface area contributed by atoms with Crippen molar-refractivity contribution in [1.29, 1.82) is 0 Å². The summed E-state index contributed by atoms with van der Waals surface area (Å²) in [6.45, 7) is 3.14. The lowest BCUT2D eigenvalue weighted by molar-refractivity contribution is 0.665. The molecule has 0 saturated heterocycles. The largest absolute Gasteiger partial charge is 0.383 e. The third-order valence-corrected chi connectivity index (χ3v) is 3.67. The van der Waals surface area contributed by atoms with E-state index in [0.717, 1.165) is 19.4 Å². The summed E-state index contributed by atoms with van der Waals surface area (Å²) >= 11 is 1.94. The number of nitrogens with two attached hydrogens (primary N) is 1. The quantitative estimate of drug-likeness (QED) is 0.825. The van der Waals surface area contributed by atoms with Gasteiger partial charge in [0.05, 0.1) is 0 Å². The third kappa shape index (κ3) is 2.89. The van der Waals surface area contributed by atoms with Gasteiger partial charge in [0.25, 0.3) is 0 Å². The maximum Gasteiger partial charge on any atom is 0.0478 e. The minimum absolute atomic E-state index is 0.298. The van der Waals surface area contributed by atoms with E-state index in [0.29, 0.717) is 6.04 Å². The van der Waals surface area contributed by atoms with Crippen LogP contribution in [-0.2, 0) is 6.42 Å². The second-order valence-electron chi connectivity index (χ2n) is 4.12. The van der Waals surface area contributed by atoms with Crippen LogP contribution in [0.5, 0.6) is 0 Å². The van der Waals surface area contributed by atoms with Gasteiger partial charge >= 0.3 is 0 Å². The zero-order valence-electron chi connectivity index (χ0n) is 9.12. The molecule has 0 spiro atoms. The molecule has 1 aliphatic rings. The summed E-state index contributed by atoms with van der Waals surface area (Å²) in [5.41, 5.74) is 8.45. The van der Waals surface area contributed by atoms with Crippen molar-refractivity contribution in [3.8, 4) is 0 Å². The number of anilines is 1. The normalized spacial score (nSPS) is 16.7. The van der Waals surface area contributed by atoms with Crippen LogP contribution in [0.2, 0.25) is 0 Å². The second-order valence-corrected chi connectivity index (χ2v) is 5.26. The van der Waals surface area contributed by atoms with Gasteiger partial charge in [-0.15, -0.1) is 11.8 Å². The number of rotatable bonds is 3. The van der Waals surface area contributed by atoms with E-state index in [1.165, 1.54) is 21.9 Å². The molecule has 2 rings (SSSR count). The van der Waals surface area contributed by atoms with Crippen LogP contribution in [-0.4, -0.2) is 18.3 Å². The van der Waals surface area contributed by atoms with Gasteiger partial charge in [-0.05, 0) is 37.5 Å². The summed E-state index contributed by atoms with van der Waals surface area (Å²) in [4.78, 5) is 1.39. The number of hydrogen-bond acceptors (Lipinski definition) is 3. The van der Waals surface area contributed by atoms with E-state index in [1.807, 2.05) is 11.8 Å². The fourth-order valence-electron chi connectivity index (χ4n) is 1.73. The Hall–Kier alpha value is -0.670. The molecule has 15 heavy (non-hydrogen) atoms. The Balaban J connectivity index is 2.07. The molecule has 0 aromatic heterocycles. The molecule has 1 unspecified atom stereocenters. The lowest BCUT2D eigenvalue weighted by atomic mass is 10.1. The van der Waals surface area contributed by atoms with Crippen LogP contribution < -0.4 is 11.1 Å². The zero-order valence-corrected chi connectivity index (χ0v) is 9.94. The van der Waals surface area contributed by atoms with Gasteiger partial charge in [0, 0.05) is 28.9 Å². The molecule has 1 aromatic rings. The Kier molecular flexibility index (Phi) is 3.54. The highest BCUT2D eigenvalue weighted by Gasteiger charge is 2.09. The van der Waals surface area contributed by atoms with E-state index in [1.54, 1.807) is 0 Å². The standard InChI is InChI=1S/C12H18N2S/c1-9(13)2-3-10-4-5-11-12(8-10)15-7-6-14-11/h4-5,8-9,14H,2-3,6-7,13H2,1H3. The fraction of sp³-hybridized carbons (Fsp3) is 0.500. The van der Waals surface area contributed by atoms with E-state index >= 15 is 0 Å². The van der Waals surface area contributed by atoms with Crippen LogP contribution in [0.4, 0.5) is 5.69 Å². The Morgan fingerprint density at radius 2 is 2.40 bits per heavy atom. The van der Waals surface area contributed by atoms with Crippen molar-refractivity contribution in [2.75, 3.05) is 17.6 Å². The highest BCUT2D eigenvalue weighted by Crippen LogP contribution is 2.31. The van der Waals surface area contributed by atoms with Crippen molar-refractivity contribution >= 4 is 17.4 Å². The van der Waals surface area contributed by atoms with E-state index in [4.69, 9.17) is 5.73 Å². The summed E-state index contributed by atoms with van der Waals surface area (Å²) in [5.74, 6) is 1.17. The first-order valence-corrected chi connectivity index (χ1v) is 6.49. The molecule has 1 aliphatic heterocycles. The van der Waals surface area contributed by atoms with Gasteiger partial charge in [0.15, 0.2) is 0 Å². The molecular weight excluding hydrogens is 204 g/mol. The first kappa shape index (κ1) is 10.8. The summed E-state index contributed by atoms with van der Waals surface area (Å²) in [7, 11) is 0. The number of aryl methyl sites for hydroxylation is 1. The lowest BCUT2D eigenvalue weighted by Gasteiger charge is -2.18. The molecule has 0 saturated carbocycles. The molecule has 3 N–H and O–H groups in total. The van der Waals surface area contributed by atoms with E-state index < -0.39 is 0 Å². The molecule has 0 aliphatic carbocycles. The van der Waals surface area contributed by atoms with Crippen molar-refractivity contribution in [3.05, 3.63) is 23.8 Å². The molecule has 1 heterocycles. The average molecular weight is 222 g/mol. The summed E-state index contributed by atoms with van der Waals surface area (Å²) in [6.07, 6.45) is 2.16. The topological polar surface area (TPSA) is 38.0 Å². The number of benzene rings is 1. The average Bonchev–Trinajstić information content (AvgIpc) is 2.26. The Labute approximate surface area is 95.6 Å². The molecule has 2 nitrogen and oxygen atoms in total. The molecule has 82 valence electrons. The SMILES string of the molecule is CC(N)CCc1ccc2c(c1)SCCN2. The van der Waals surface area contributed by atoms with Crippen molar-refractivity contribution in [2.24, 2.45) is 5.73 Å². The summed E-state index contributed by atoms with van der Waals surface area (Å²) in [5, 5.41) is 3.41. The van der Waals surface area contributed by atoms with Crippen LogP contribution in [0.25, 0.3) is 0 Å². The highest BCUT2D eigenvalue weighted by atomic mass is 32.2. The van der Waals surface area contributed by atoms with Gasteiger partial charge < -0.3 is 11.1 Å². The lowest BCUT2D eigenvalue weighted by Crippen LogP contribution is -2.15. The van der Waals surface area contributed by atoms with Gasteiger partial charge in [0.1, 0.15) is 0 Å². The first-order chi connectivity index (χ1) is 7.25. The van der Waals surface area contributed by atoms with Gasteiger partial charge in [-0.2, -0.15) is 0 Å². The van der Waals surface area contributed by atoms with Crippen LogP contribution in [0.15, 0.2) is 23.1 Å². The minimum atomic E-state index is 0.298. The third-order valence-electron chi connectivity index (χ3n) is 2.61. The van der Waals surface area contributed by atoms with E-state index in [-0.39, 0.29) is 0 Å². The second kappa shape index (κ2) is 4.90. The van der Waals surface area contributed by atoms with Crippen LogP contribution in [0, 0.1) is 0 Å². The van der Waals surface area contributed by atoms with Crippen molar-refractivity contribution < 1.29 is 0 Å². The Morgan fingerprint density at radius 1 is 1.53 bits per heavy atom. The highest BCUT2D eigenvalue weighted by molar-refractivity contribution is 7.99. The number of thioether (sulfide) groups is 1. The van der Waals surface area contributed by atoms with E-state index in [2.05, 4.69) is 30.4 Å². The van der Waals surface area contributed by atoms with Gasteiger partial charge in [0.2, 0.25) is 0 Å². The zero-order chi connectivity index (χ0) is 10.7. The first-order valence-electron chi connectivity index (χ1n) is 5.51. The molecule has 0 fully saturated rings. The van der Waals surface area contributed by atoms with Gasteiger partial charge in [-0.25, -0.2) is 0 Å².